The summed E-state index contributed by atoms with van der Waals surface area (Å²) >= 11 is 1.44. The molecule has 0 bridgehead atoms. The summed E-state index contributed by atoms with van der Waals surface area (Å²) in [5, 5.41) is 3.35. The van der Waals surface area contributed by atoms with Gasteiger partial charge in [0, 0.05) is 6.42 Å². The number of ether oxygens (including phenoxy) is 1. The smallest absolute Gasteiger partial charge is 0.306 e. The maximum atomic E-state index is 12.1. The summed E-state index contributed by atoms with van der Waals surface area (Å²) < 4.78 is 6.58. The fourth-order valence-electron chi connectivity index (χ4n) is 3.33. The van der Waals surface area contributed by atoms with Crippen LogP contribution in [0.25, 0.3) is 10.2 Å². The van der Waals surface area contributed by atoms with Gasteiger partial charge in [-0.1, -0.05) is 31.3 Å². The zero-order valence-electron chi connectivity index (χ0n) is 15.6. The molecule has 1 aliphatic carbocycles. The number of aryl methyl sites for hydroxylation is 1. The number of hydrogen-bond donors (Lipinski definition) is 1. The molecule has 0 saturated heterocycles. The summed E-state index contributed by atoms with van der Waals surface area (Å²) in [6.45, 7) is 6.48. The zero-order valence-corrected chi connectivity index (χ0v) is 16.4. The largest absolute Gasteiger partial charge is 0.462 e. The van der Waals surface area contributed by atoms with Crippen LogP contribution >= 0.6 is 11.3 Å². The van der Waals surface area contributed by atoms with Crippen molar-refractivity contribution in [2.45, 2.75) is 59.0 Å². The molecule has 0 aliphatic heterocycles. The van der Waals surface area contributed by atoms with E-state index in [0.29, 0.717) is 17.0 Å². The standard InChI is InChI=1S/C20H26N2O3S/c1-12-4-7-16-17(10-12)26-20(21-16)22-18(23)8-9-19(24)25-15-6-5-13(2)14(3)11-15/h4,7,10,13-15H,5-6,8-9,11H2,1-3H3,(H,21,22,23)/t13-,14-,15-/m1/s1. The molecule has 1 N–H and O–H groups in total. The van der Waals surface area contributed by atoms with Crippen LogP contribution in [-0.2, 0) is 14.3 Å². The third-order valence-corrected chi connectivity index (χ3v) is 6.13. The lowest BCUT2D eigenvalue weighted by Gasteiger charge is -2.31. The monoisotopic (exact) mass is 374 g/mol. The van der Waals surface area contributed by atoms with Gasteiger partial charge in [0.25, 0.3) is 0 Å². The van der Waals surface area contributed by atoms with E-state index < -0.39 is 0 Å². The van der Waals surface area contributed by atoms with Gasteiger partial charge in [0.05, 0.1) is 16.6 Å². The highest BCUT2D eigenvalue weighted by Gasteiger charge is 2.27. The molecule has 26 heavy (non-hydrogen) atoms. The number of anilines is 1. The maximum absolute atomic E-state index is 12.1. The first-order chi connectivity index (χ1) is 12.4. The highest BCUT2D eigenvalue weighted by Crippen LogP contribution is 2.31. The number of thiazole rings is 1. The number of benzene rings is 1. The number of carbonyl (C=O) groups excluding carboxylic acids is 2. The van der Waals surface area contributed by atoms with E-state index in [2.05, 4.69) is 24.1 Å². The number of esters is 1. The molecule has 1 aromatic heterocycles. The van der Waals surface area contributed by atoms with Crippen molar-refractivity contribution in [3.63, 3.8) is 0 Å². The van der Waals surface area contributed by atoms with E-state index in [-0.39, 0.29) is 30.8 Å². The molecule has 6 heteroatoms. The van der Waals surface area contributed by atoms with Crippen LogP contribution in [-0.4, -0.2) is 23.0 Å². The topological polar surface area (TPSA) is 68.3 Å². The normalized spacial score (nSPS) is 23.0. The van der Waals surface area contributed by atoms with Gasteiger partial charge in [0.15, 0.2) is 5.13 Å². The summed E-state index contributed by atoms with van der Waals surface area (Å²) in [7, 11) is 0. The van der Waals surface area contributed by atoms with Crippen molar-refractivity contribution in [1.82, 2.24) is 4.98 Å². The maximum Gasteiger partial charge on any atom is 0.306 e. The van der Waals surface area contributed by atoms with Gasteiger partial charge in [-0.2, -0.15) is 0 Å². The molecule has 1 saturated carbocycles. The van der Waals surface area contributed by atoms with Crippen molar-refractivity contribution in [2.75, 3.05) is 5.32 Å². The molecule has 2 aromatic rings. The van der Waals surface area contributed by atoms with Crippen molar-refractivity contribution in [2.24, 2.45) is 11.8 Å². The summed E-state index contributed by atoms with van der Waals surface area (Å²) in [4.78, 5) is 28.5. The van der Waals surface area contributed by atoms with Gasteiger partial charge in [0.1, 0.15) is 6.10 Å². The van der Waals surface area contributed by atoms with Gasteiger partial charge in [-0.3, -0.25) is 9.59 Å². The number of nitrogens with one attached hydrogen (secondary N) is 1. The Hall–Kier alpha value is -1.95. The minimum absolute atomic E-state index is 0.00395. The fraction of sp³-hybridized carbons (Fsp3) is 0.550. The van der Waals surface area contributed by atoms with Crippen molar-refractivity contribution in [3.8, 4) is 0 Å². The van der Waals surface area contributed by atoms with Crippen LogP contribution in [0.15, 0.2) is 18.2 Å². The van der Waals surface area contributed by atoms with E-state index in [1.807, 2.05) is 25.1 Å². The van der Waals surface area contributed by atoms with Gasteiger partial charge >= 0.3 is 5.97 Å². The molecule has 0 unspecified atom stereocenters. The minimum atomic E-state index is -0.285. The van der Waals surface area contributed by atoms with Gasteiger partial charge in [-0.15, -0.1) is 0 Å². The van der Waals surface area contributed by atoms with Crippen LogP contribution in [0.3, 0.4) is 0 Å². The first-order valence-electron chi connectivity index (χ1n) is 9.27. The van der Waals surface area contributed by atoms with Crippen LogP contribution in [0.2, 0.25) is 0 Å². The molecule has 1 aromatic carbocycles. The molecule has 5 nitrogen and oxygen atoms in total. The number of rotatable bonds is 5. The van der Waals surface area contributed by atoms with E-state index in [4.69, 9.17) is 4.74 Å². The van der Waals surface area contributed by atoms with Crippen LogP contribution in [0.5, 0.6) is 0 Å². The van der Waals surface area contributed by atoms with Crippen LogP contribution < -0.4 is 5.32 Å². The third kappa shape index (κ3) is 4.81. The van der Waals surface area contributed by atoms with Crippen molar-refractivity contribution in [3.05, 3.63) is 23.8 Å². The fourth-order valence-corrected chi connectivity index (χ4v) is 4.31. The zero-order chi connectivity index (χ0) is 18.7. The van der Waals surface area contributed by atoms with Gasteiger partial charge in [0.2, 0.25) is 5.91 Å². The van der Waals surface area contributed by atoms with Crippen LogP contribution in [0.1, 0.15) is 51.5 Å². The van der Waals surface area contributed by atoms with Gasteiger partial charge < -0.3 is 10.1 Å². The number of fused-ring (bicyclic) bond motifs is 1. The van der Waals surface area contributed by atoms with E-state index >= 15 is 0 Å². The molecule has 0 radical (unpaired) electrons. The predicted molar refractivity (Wildman–Crippen MR) is 104 cm³/mol. The summed E-state index contributed by atoms with van der Waals surface area (Å²) in [6, 6.07) is 5.99. The van der Waals surface area contributed by atoms with E-state index in [1.54, 1.807) is 0 Å². The Morgan fingerprint density at radius 2 is 2.04 bits per heavy atom. The molecule has 0 spiro atoms. The molecular weight excluding hydrogens is 348 g/mol. The Labute approximate surface area is 158 Å². The number of amides is 1. The number of hydrogen-bond acceptors (Lipinski definition) is 5. The predicted octanol–water partition coefficient (Wildman–Crippen LogP) is 4.69. The van der Waals surface area contributed by atoms with E-state index in [9.17, 15) is 9.59 Å². The number of nitrogens with zero attached hydrogens (tertiary/aromatic N) is 1. The molecule has 140 valence electrons. The lowest BCUT2D eigenvalue weighted by molar-refractivity contribution is -0.152. The Morgan fingerprint density at radius 3 is 2.81 bits per heavy atom. The third-order valence-electron chi connectivity index (χ3n) is 5.19. The molecule has 1 heterocycles. The number of aromatic nitrogens is 1. The first-order valence-corrected chi connectivity index (χ1v) is 10.1. The lowest BCUT2D eigenvalue weighted by Crippen LogP contribution is -2.29. The summed E-state index contributed by atoms with van der Waals surface area (Å²) in [5.41, 5.74) is 2.03. The quantitative estimate of drug-likeness (QED) is 0.771. The second-order valence-electron chi connectivity index (χ2n) is 7.42. The molecule has 1 aliphatic rings. The Morgan fingerprint density at radius 1 is 1.23 bits per heavy atom. The second-order valence-corrected chi connectivity index (χ2v) is 8.45. The van der Waals surface area contributed by atoms with Crippen molar-refractivity contribution in [1.29, 1.82) is 0 Å². The van der Waals surface area contributed by atoms with Crippen LogP contribution in [0.4, 0.5) is 5.13 Å². The van der Waals surface area contributed by atoms with E-state index in [0.717, 1.165) is 35.0 Å². The molecular formula is C20H26N2O3S. The van der Waals surface area contributed by atoms with Crippen molar-refractivity contribution < 1.29 is 14.3 Å². The summed E-state index contributed by atoms with van der Waals surface area (Å²) in [5.74, 6) is 0.774. The first kappa shape index (κ1) is 18.8. The minimum Gasteiger partial charge on any atom is -0.462 e. The van der Waals surface area contributed by atoms with Gasteiger partial charge in [-0.25, -0.2) is 4.98 Å². The lowest BCUT2D eigenvalue weighted by atomic mass is 9.80. The molecule has 1 fully saturated rings. The molecule has 1 amide bonds. The SMILES string of the molecule is Cc1ccc2nc(NC(=O)CCC(=O)O[C@@H]3CC[C@@H](C)[C@H](C)C3)sc2c1. The van der Waals surface area contributed by atoms with Crippen molar-refractivity contribution >= 4 is 38.6 Å². The number of carbonyl (C=O) groups is 2. The summed E-state index contributed by atoms with van der Waals surface area (Å²) in [6.07, 6.45) is 3.17. The average molecular weight is 375 g/mol. The Kier molecular flexibility index (Phi) is 5.91. The molecule has 3 atom stereocenters. The Bertz CT molecular complexity index is 801. The highest BCUT2D eigenvalue weighted by atomic mass is 32.1. The van der Waals surface area contributed by atoms with Gasteiger partial charge in [-0.05, 0) is 55.7 Å². The highest BCUT2D eigenvalue weighted by molar-refractivity contribution is 7.22. The van der Waals surface area contributed by atoms with Crippen LogP contribution in [0, 0.1) is 18.8 Å². The Balaban J connectivity index is 1.45. The molecule has 3 rings (SSSR count). The van der Waals surface area contributed by atoms with E-state index in [1.165, 1.54) is 11.3 Å². The second kappa shape index (κ2) is 8.16. The average Bonchev–Trinajstić information content (AvgIpc) is 2.97.